The number of benzene rings is 1. The fourth-order valence-corrected chi connectivity index (χ4v) is 6.31. The van der Waals surface area contributed by atoms with Crippen molar-refractivity contribution >= 4 is 13.3 Å². The van der Waals surface area contributed by atoms with Crippen LogP contribution in [0.15, 0.2) is 24.3 Å². The lowest BCUT2D eigenvalue weighted by molar-refractivity contribution is 0.590. The first kappa shape index (κ1) is 14.5. The van der Waals surface area contributed by atoms with Gasteiger partial charge in [-0.15, -0.1) is 0 Å². The molecule has 0 fully saturated rings. The van der Waals surface area contributed by atoms with Gasteiger partial charge >= 0.3 is 0 Å². The Kier molecular flexibility index (Phi) is 4.59. The quantitative estimate of drug-likeness (QED) is 0.678. The van der Waals surface area contributed by atoms with Crippen molar-refractivity contribution < 1.29 is 0 Å². The minimum Gasteiger partial charge on any atom is -0.0675 e. The molecule has 0 atom stereocenters. The summed E-state index contributed by atoms with van der Waals surface area (Å²) in [5.41, 5.74) is 1.76. The third kappa shape index (κ3) is 3.01. The van der Waals surface area contributed by atoms with E-state index in [9.17, 15) is 0 Å². The SMILES string of the molecule is CC[Si](CC)(CC)c1cccc(C(C)(C)C)c1. The summed E-state index contributed by atoms with van der Waals surface area (Å²) in [5, 5.41) is 1.66. The molecule has 1 aromatic carbocycles. The highest BCUT2D eigenvalue weighted by Gasteiger charge is 2.29. The van der Waals surface area contributed by atoms with Gasteiger partial charge in [-0.05, 0) is 11.0 Å². The fraction of sp³-hybridized carbons (Fsp3) is 0.625. The van der Waals surface area contributed by atoms with E-state index in [1.54, 1.807) is 5.19 Å². The maximum absolute atomic E-state index is 2.49. The summed E-state index contributed by atoms with van der Waals surface area (Å²) < 4.78 is 0. The molecule has 1 heteroatoms. The smallest absolute Gasteiger partial charge is 0.0675 e. The van der Waals surface area contributed by atoms with Crippen LogP contribution in [-0.2, 0) is 5.41 Å². The summed E-state index contributed by atoms with van der Waals surface area (Å²) in [6, 6.07) is 13.5. The van der Waals surface area contributed by atoms with Gasteiger partial charge in [0.2, 0.25) is 0 Å². The first-order valence-corrected chi connectivity index (χ1v) is 9.62. The second-order valence-electron chi connectivity index (χ2n) is 6.17. The third-order valence-corrected chi connectivity index (χ3v) is 9.97. The van der Waals surface area contributed by atoms with Crippen molar-refractivity contribution in [3.05, 3.63) is 29.8 Å². The summed E-state index contributed by atoms with van der Waals surface area (Å²) in [4.78, 5) is 0. The minimum atomic E-state index is -1.20. The molecule has 0 amide bonds. The lowest BCUT2D eigenvalue weighted by Crippen LogP contribution is -2.46. The lowest BCUT2D eigenvalue weighted by Gasteiger charge is -2.30. The van der Waals surface area contributed by atoms with Crippen molar-refractivity contribution in [2.45, 2.75) is 65.1 Å². The van der Waals surface area contributed by atoms with Crippen LogP contribution in [-0.4, -0.2) is 8.07 Å². The van der Waals surface area contributed by atoms with Crippen LogP contribution >= 0.6 is 0 Å². The number of rotatable bonds is 4. The van der Waals surface area contributed by atoms with Crippen molar-refractivity contribution in [1.29, 1.82) is 0 Å². The Morgan fingerprint density at radius 1 is 0.941 bits per heavy atom. The minimum absolute atomic E-state index is 0.269. The normalized spacial score (nSPS) is 12.8. The molecule has 0 aliphatic heterocycles. The molecule has 0 heterocycles. The Hall–Kier alpha value is -0.563. The molecule has 1 rings (SSSR count). The standard InChI is InChI=1S/C16H28Si/c1-7-17(8-2,9-3)15-12-10-11-14(13-15)16(4,5)6/h10-13H,7-9H2,1-6H3. The van der Waals surface area contributed by atoms with Crippen LogP contribution < -0.4 is 5.19 Å². The van der Waals surface area contributed by atoms with Crippen molar-refractivity contribution in [2.75, 3.05) is 0 Å². The maximum atomic E-state index is 2.49. The highest BCUT2D eigenvalue weighted by molar-refractivity contribution is 6.91. The topological polar surface area (TPSA) is 0 Å². The Morgan fingerprint density at radius 2 is 1.47 bits per heavy atom. The van der Waals surface area contributed by atoms with Crippen molar-refractivity contribution in [2.24, 2.45) is 0 Å². The highest BCUT2D eigenvalue weighted by atomic mass is 28.3. The van der Waals surface area contributed by atoms with E-state index in [-0.39, 0.29) is 5.41 Å². The highest BCUT2D eigenvalue weighted by Crippen LogP contribution is 2.25. The molecule has 0 radical (unpaired) electrons. The van der Waals surface area contributed by atoms with E-state index in [0.29, 0.717) is 0 Å². The fourth-order valence-electron chi connectivity index (χ4n) is 2.68. The van der Waals surface area contributed by atoms with E-state index in [1.165, 1.54) is 23.7 Å². The second-order valence-corrected chi connectivity index (χ2v) is 11.4. The van der Waals surface area contributed by atoms with Gasteiger partial charge in [-0.3, -0.25) is 0 Å². The molecule has 0 nitrogen and oxygen atoms in total. The van der Waals surface area contributed by atoms with Gasteiger partial charge in [-0.25, -0.2) is 0 Å². The Labute approximate surface area is 108 Å². The van der Waals surface area contributed by atoms with Gasteiger partial charge in [-0.2, -0.15) is 0 Å². The molecular weight excluding hydrogens is 220 g/mol. The third-order valence-electron chi connectivity index (χ3n) is 4.37. The molecule has 1 aromatic rings. The summed E-state index contributed by atoms with van der Waals surface area (Å²) in [7, 11) is -1.20. The largest absolute Gasteiger partial charge is 0.0859 e. The molecule has 0 aliphatic rings. The molecule has 0 spiro atoms. The average Bonchev–Trinajstić information content (AvgIpc) is 2.31. The van der Waals surface area contributed by atoms with Crippen LogP contribution in [0.5, 0.6) is 0 Å². The number of hydrogen-bond donors (Lipinski definition) is 0. The van der Waals surface area contributed by atoms with E-state index >= 15 is 0 Å². The molecule has 17 heavy (non-hydrogen) atoms. The van der Waals surface area contributed by atoms with Gasteiger partial charge in [-0.1, -0.05) is 89.1 Å². The zero-order valence-electron chi connectivity index (χ0n) is 12.4. The average molecular weight is 248 g/mol. The van der Waals surface area contributed by atoms with Gasteiger partial charge in [0.15, 0.2) is 0 Å². The molecule has 0 unspecified atom stereocenters. The van der Waals surface area contributed by atoms with Crippen LogP contribution in [0.4, 0.5) is 0 Å². The van der Waals surface area contributed by atoms with Crippen molar-refractivity contribution in [3.8, 4) is 0 Å². The van der Waals surface area contributed by atoms with Crippen molar-refractivity contribution in [3.63, 3.8) is 0 Å². The summed E-state index contributed by atoms with van der Waals surface area (Å²) in [6.07, 6.45) is 0. The molecule has 0 bridgehead atoms. The Bertz CT molecular complexity index is 348. The van der Waals surface area contributed by atoms with E-state index in [0.717, 1.165) is 0 Å². The molecule has 0 aliphatic carbocycles. The number of hydrogen-bond acceptors (Lipinski definition) is 0. The zero-order valence-corrected chi connectivity index (χ0v) is 13.4. The van der Waals surface area contributed by atoms with Crippen molar-refractivity contribution in [1.82, 2.24) is 0 Å². The van der Waals surface area contributed by atoms with Gasteiger partial charge in [0.05, 0.1) is 8.07 Å². The van der Waals surface area contributed by atoms with Crippen LogP contribution in [0.3, 0.4) is 0 Å². The van der Waals surface area contributed by atoms with E-state index in [1.807, 2.05) is 0 Å². The molecule has 96 valence electrons. The predicted octanol–water partition coefficient (Wildman–Crippen LogP) is 4.70. The molecule has 0 saturated heterocycles. The Morgan fingerprint density at radius 3 is 1.88 bits per heavy atom. The van der Waals surface area contributed by atoms with E-state index in [4.69, 9.17) is 0 Å². The predicted molar refractivity (Wildman–Crippen MR) is 82.0 cm³/mol. The van der Waals surface area contributed by atoms with Gasteiger partial charge < -0.3 is 0 Å². The van der Waals surface area contributed by atoms with Gasteiger partial charge in [0.25, 0.3) is 0 Å². The molecular formula is C16H28Si. The van der Waals surface area contributed by atoms with E-state index < -0.39 is 8.07 Å². The Balaban J connectivity index is 3.23. The summed E-state index contributed by atoms with van der Waals surface area (Å²) in [5.74, 6) is 0. The van der Waals surface area contributed by atoms with Crippen LogP contribution in [0.1, 0.15) is 47.1 Å². The molecule has 0 N–H and O–H groups in total. The maximum Gasteiger partial charge on any atom is 0.0859 e. The monoisotopic (exact) mass is 248 g/mol. The summed E-state index contributed by atoms with van der Waals surface area (Å²) in [6.45, 7) is 14.0. The first-order chi connectivity index (χ1) is 7.89. The van der Waals surface area contributed by atoms with E-state index in [2.05, 4.69) is 65.8 Å². The molecule has 0 saturated carbocycles. The lowest BCUT2D eigenvalue weighted by atomic mass is 9.87. The zero-order chi connectivity index (χ0) is 13.1. The van der Waals surface area contributed by atoms with Crippen LogP contribution in [0.25, 0.3) is 0 Å². The van der Waals surface area contributed by atoms with Crippen LogP contribution in [0.2, 0.25) is 18.1 Å². The van der Waals surface area contributed by atoms with Crippen LogP contribution in [0, 0.1) is 0 Å². The summed E-state index contributed by atoms with van der Waals surface area (Å²) >= 11 is 0. The first-order valence-electron chi connectivity index (χ1n) is 7.00. The van der Waals surface area contributed by atoms with Gasteiger partial charge in [0.1, 0.15) is 0 Å². The van der Waals surface area contributed by atoms with Gasteiger partial charge in [0, 0.05) is 0 Å². The second kappa shape index (κ2) is 5.39. The molecule has 0 aromatic heterocycles.